The number of hydrogen-bond donors (Lipinski definition) is 0. The summed E-state index contributed by atoms with van der Waals surface area (Å²) >= 11 is 0. The van der Waals surface area contributed by atoms with E-state index in [1.54, 1.807) is 13.2 Å². The molecule has 0 bridgehead atoms. The van der Waals surface area contributed by atoms with Gasteiger partial charge in [-0.1, -0.05) is 13.8 Å². The third-order valence-electron chi connectivity index (χ3n) is 4.31. The Bertz CT molecular complexity index is 966. The molecule has 2 aromatic heterocycles. The molecule has 4 rings (SSSR count). The van der Waals surface area contributed by atoms with E-state index in [1.165, 1.54) is 4.57 Å². The van der Waals surface area contributed by atoms with Gasteiger partial charge in [-0.25, -0.2) is 4.98 Å². The zero-order valence-corrected chi connectivity index (χ0v) is 14.6. The molecule has 1 fully saturated rings. The van der Waals surface area contributed by atoms with Crippen LogP contribution in [-0.2, 0) is 7.05 Å². The molecule has 0 radical (unpaired) electrons. The van der Waals surface area contributed by atoms with Crippen molar-refractivity contribution in [2.24, 2.45) is 7.05 Å². The Morgan fingerprint density at radius 1 is 1.16 bits per heavy atom. The monoisotopic (exact) mass is 339 g/mol. The van der Waals surface area contributed by atoms with Gasteiger partial charge in [0, 0.05) is 13.0 Å². The van der Waals surface area contributed by atoms with Gasteiger partial charge in [0.05, 0.1) is 18.5 Å². The molecule has 0 atom stereocenters. The van der Waals surface area contributed by atoms with Crippen LogP contribution in [0, 0.1) is 0 Å². The Labute approximate surface area is 145 Å². The number of ether oxygens (including phenoxy) is 2. The first-order valence-corrected chi connectivity index (χ1v) is 8.54. The van der Waals surface area contributed by atoms with Crippen molar-refractivity contribution in [2.75, 3.05) is 0 Å². The number of nitrogens with zero attached hydrogens (tertiary/aromatic N) is 3. The summed E-state index contributed by atoms with van der Waals surface area (Å²) in [6, 6.07) is 7.48. The molecule has 2 heterocycles. The first-order valence-electron chi connectivity index (χ1n) is 8.54. The Balaban J connectivity index is 1.67. The van der Waals surface area contributed by atoms with E-state index in [4.69, 9.17) is 9.47 Å². The molecule has 0 amide bonds. The van der Waals surface area contributed by atoms with E-state index in [0.717, 1.165) is 24.4 Å². The van der Waals surface area contributed by atoms with Crippen molar-refractivity contribution < 1.29 is 9.47 Å². The molecule has 6 nitrogen and oxygen atoms in total. The van der Waals surface area contributed by atoms with E-state index in [-0.39, 0.29) is 11.5 Å². The second kappa shape index (κ2) is 5.95. The van der Waals surface area contributed by atoms with Crippen molar-refractivity contribution in [3.05, 3.63) is 52.8 Å². The van der Waals surface area contributed by atoms with Crippen LogP contribution in [0.1, 0.15) is 38.4 Å². The topological polar surface area (TPSA) is 57.8 Å². The van der Waals surface area contributed by atoms with Crippen LogP contribution in [-0.4, -0.2) is 20.1 Å². The van der Waals surface area contributed by atoms with Gasteiger partial charge in [-0.15, -0.1) is 0 Å². The molecule has 1 aliphatic carbocycles. The van der Waals surface area contributed by atoms with Gasteiger partial charge in [0.25, 0.3) is 5.56 Å². The van der Waals surface area contributed by atoms with Gasteiger partial charge in [0.2, 0.25) is 5.88 Å². The van der Waals surface area contributed by atoms with Crippen molar-refractivity contribution in [3.63, 3.8) is 0 Å². The average Bonchev–Trinajstić information content (AvgIpc) is 3.30. The van der Waals surface area contributed by atoms with Crippen LogP contribution in [0.3, 0.4) is 0 Å². The molecule has 6 heteroatoms. The maximum absolute atomic E-state index is 12.6. The molecule has 1 aliphatic rings. The first kappa shape index (κ1) is 15.7. The molecule has 0 spiro atoms. The zero-order chi connectivity index (χ0) is 17.6. The van der Waals surface area contributed by atoms with Gasteiger partial charge in [0.15, 0.2) is 0 Å². The quantitative estimate of drug-likeness (QED) is 0.714. The Hall–Kier alpha value is -2.76. The standard InChI is InChI=1S/C19H21N3O3/c1-12(2)18-20-10-16-19(23)21(3)17(11-22(16)18)25-15-8-6-14(7-9-15)24-13-4-5-13/h6-13H,4-5H2,1-3H3. The predicted molar refractivity (Wildman–Crippen MR) is 94.7 cm³/mol. The highest BCUT2D eigenvalue weighted by atomic mass is 16.5. The summed E-state index contributed by atoms with van der Waals surface area (Å²) in [6.07, 6.45) is 6.05. The molecule has 0 N–H and O–H groups in total. The fourth-order valence-electron chi connectivity index (χ4n) is 2.75. The lowest BCUT2D eigenvalue weighted by molar-refractivity contribution is 0.302. The van der Waals surface area contributed by atoms with Crippen molar-refractivity contribution in [1.82, 2.24) is 14.0 Å². The molecule has 25 heavy (non-hydrogen) atoms. The minimum Gasteiger partial charge on any atom is -0.490 e. The van der Waals surface area contributed by atoms with Crippen LogP contribution in [0.15, 0.2) is 41.5 Å². The summed E-state index contributed by atoms with van der Waals surface area (Å²) in [7, 11) is 1.70. The number of benzene rings is 1. The molecular weight excluding hydrogens is 318 g/mol. The second-order valence-electron chi connectivity index (χ2n) is 6.75. The van der Waals surface area contributed by atoms with Gasteiger partial charge in [-0.2, -0.15) is 0 Å². The average molecular weight is 339 g/mol. The lowest BCUT2D eigenvalue weighted by Crippen LogP contribution is -2.20. The lowest BCUT2D eigenvalue weighted by atomic mass is 10.2. The number of hydrogen-bond acceptors (Lipinski definition) is 4. The highest BCUT2D eigenvalue weighted by Crippen LogP contribution is 2.29. The van der Waals surface area contributed by atoms with Crippen molar-refractivity contribution in [1.29, 1.82) is 0 Å². The van der Waals surface area contributed by atoms with E-state index in [0.29, 0.717) is 23.3 Å². The van der Waals surface area contributed by atoms with Crippen LogP contribution in [0.25, 0.3) is 5.52 Å². The highest BCUT2D eigenvalue weighted by molar-refractivity contribution is 5.46. The number of imidazole rings is 1. The van der Waals surface area contributed by atoms with Crippen LogP contribution >= 0.6 is 0 Å². The maximum Gasteiger partial charge on any atom is 0.279 e. The molecule has 1 saturated carbocycles. The lowest BCUT2D eigenvalue weighted by Gasteiger charge is -2.13. The van der Waals surface area contributed by atoms with Gasteiger partial charge in [-0.3, -0.25) is 13.8 Å². The molecule has 0 saturated heterocycles. The largest absolute Gasteiger partial charge is 0.490 e. The summed E-state index contributed by atoms with van der Waals surface area (Å²) in [6.45, 7) is 4.09. The summed E-state index contributed by atoms with van der Waals surface area (Å²) in [5.74, 6) is 3.01. The predicted octanol–water partition coefficient (Wildman–Crippen LogP) is 3.49. The summed E-state index contributed by atoms with van der Waals surface area (Å²) in [4.78, 5) is 16.9. The van der Waals surface area contributed by atoms with E-state index in [1.807, 2.05) is 48.7 Å². The first-order chi connectivity index (χ1) is 12.0. The van der Waals surface area contributed by atoms with Gasteiger partial charge in [-0.05, 0) is 37.1 Å². The van der Waals surface area contributed by atoms with Gasteiger partial charge >= 0.3 is 0 Å². The third kappa shape index (κ3) is 2.99. The maximum atomic E-state index is 12.6. The molecule has 130 valence electrons. The number of fused-ring (bicyclic) bond motifs is 1. The molecule has 3 aromatic rings. The SMILES string of the molecule is CC(C)c1ncc2c(=O)n(C)c(Oc3ccc(OC4CC4)cc3)cn12. The van der Waals surface area contributed by atoms with Crippen molar-refractivity contribution in [3.8, 4) is 17.4 Å². The van der Waals surface area contributed by atoms with Gasteiger partial charge in [0.1, 0.15) is 22.8 Å². The molecule has 1 aromatic carbocycles. The summed E-state index contributed by atoms with van der Waals surface area (Å²) in [5.41, 5.74) is 0.414. The van der Waals surface area contributed by atoms with Crippen molar-refractivity contribution in [2.45, 2.75) is 38.7 Å². The zero-order valence-electron chi connectivity index (χ0n) is 14.6. The highest BCUT2D eigenvalue weighted by Gasteiger charge is 2.23. The Morgan fingerprint density at radius 2 is 1.84 bits per heavy atom. The summed E-state index contributed by atoms with van der Waals surface area (Å²) in [5, 5.41) is 0. The van der Waals surface area contributed by atoms with Gasteiger partial charge < -0.3 is 9.47 Å². The van der Waals surface area contributed by atoms with E-state index in [9.17, 15) is 4.79 Å². The Morgan fingerprint density at radius 3 is 2.48 bits per heavy atom. The normalized spacial score (nSPS) is 14.2. The summed E-state index contributed by atoms with van der Waals surface area (Å²) < 4.78 is 15.0. The molecule has 0 unspecified atom stereocenters. The van der Waals surface area contributed by atoms with Crippen LogP contribution in [0.2, 0.25) is 0 Å². The number of rotatable bonds is 5. The van der Waals surface area contributed by atoms with E-state index in [2.05, 4.69) is 4.98 Å². The fraction of sp³-hybridized carbons (Fsp3) is 0.368. The minimum absolute atomic E-state index is 0.134. The Kier molecular flexibility index (Phi) is 3.75. The van der Waals surface area contributed by atoms with Crippen LogP contribution in [0.4, 0.5) is 0 Å². The third-order valence-corrected chi connectivity index (χ3v) is 4.31. The smallest absolute Gasteiger partial charge is 0.279 e. The van der Waals surface area contributed by atoms with Crippen LogP contribution in [0.5, 0.6) is 17.4 Å². The minimum atomic E-state index is -0.134. The van der Waals surface area contributed by atoms with Crippen molar-refractivity contribution >= 4 is 5.52 Å². The molecule has 0 aliphatic heterocycles. The molecular formula is C19H21N3O3. The second-order valence-corrected chi connectivity index (χ2v) is 6.75. The van der Waals surface area contributed by atoms with Crippen LogP contribution < -0.4 is 15.0 Å². The number of aromatic nitrogens is 3. The van der Waals surface area contributed by atoms with E-state index >= 15 is 0 Å². The fourth-order valence-corrected chi connectivity index (χ4v) is 2.75. The van der Waals surface area contributed by atoms with E-state index < -0.39 is 0 Å².